The van der Waals surface area contributed by atoms with E-state index in [1.54, 1.807) is 25.1 Å². The molecule has 0 fully saturated rings. The van der Waals surface area contributed by atoms with E-state index in [1.807, 2.05) is 14.1 Å². The molecule has 0 spiro atoms. The predicted octanol–water partition coefficient (Wildman–Crippen LogP) is 1.29. The van der Waals surface area contributed by atoms with Crippen molar-refractivity contribution in [1.82, 2.24) is 4.90 Å². The zero-order valence-electron chi connectivity index (χ0n) is 15.1. The summed E-state index contributed by atoms with van der Waals surface area (Å²) in [6, 6.07) is 5.84. The highest BCUT2D eigenvalue weighted by Crippen LogP contribution is 2.39. The van der Waals surface area contributed by atoms with Crippen molar-refractivity contribution in [1.29, 1.82) is 0 Å². The Labute approximate surface area is 151 Å². The van der Waals surface area contributed by atoms with Crippen LogP contribution in [0.15, 0.2) is 50.7 Å². The Morgan fingerprint density at radius 1 is 1.31 bits per heavy atom. The van der Waals surface area contributed by atoms with Gasteiger partial charge in [-0.15, -0.1) is 0 Å². The van der Waals surface area contributed by atoms with Gasteiger partial charge in [0.1, 0.15) is 17.6 Å². The molecule has 1 aliphatic rings. The standard InChI is InChI=1S/C19H22N2O5/c1-12-7-8-13(26-12)16-15(17(22)14-6-4-11-25-14)18(23)19(24)21(16)10-5-9-20(2)3/h4,6-8,11,16,23H,5,9-10H2,1-3H3/p+1/t16-/m1/s1. The number of aliphatic hydroxyl groups excluding tert-OH is 1. The molecule has 0 saturated carbocycles. The van der Waals surface area contributed by atoms with E-state index in [9.17, 15) is 14.7 Å². The van der Waals surface area contributed by atoms with E-state index in [-0.39, 0.29) is 11.3 Å². The Morgan fingerprint density at radius 2 is 2.08 bits per heavy atom. The molecule has 0 unspecified atom stereocenters. The first kappa shape index (κ1) is 18.0. The fourth-order valence-electron chi connectivity index (χ4n) is 3.16. The van der Waals surface area contributed by atoms with Gasteiger partial charge in [-0.3, -0.25) is 9.59 Å². The second kappa shape index (κ2) is 7.21. The van der Waals surface area contributed by atoms with Crippen LogP contribution in [0.3, 0.4) is 0 Å². The van der Waals surface area contributed by atoms with E-state index >= 15 is 0 Å². The molecule has 26 heavy (non-hydrogen) atoms. The molecule has 0 saturated heterocycles. The molecule has 0 aromatic carbocycles. The number of ketones is 1. The van der Waals surface area contributed by atoms with E-state index in [0.29, 0.717) is 18.1 Å². The third-order valence-corrected chi connectivity index (χ3v) is 4.40. The molecular formula is C19H23N2O5+. The second-order valence-corrected chi connectivity index (χ2v) is 6.73. The molecule has 2 N–H and O–H groups in total. The van der Waals surface area contributed by atoms with Gasteiger partial charge in [-0.1, -0.05) is 0 Å². The monoisotopic (exact) mass is 359 g/mol. The first-order valence-electron chi connectivity index (χ1n) is 8.57. The minimum Gasteiger partial charge on any atom is -0.503 e. The number of carbonyl (C=O) groups excluding carboxylic acids is 2. The summed E-state index contributed by atoms with van der Waals surface area (Å²) in [5.41, 5.74) is -0.00324. The maximum Gasteiger partial charge on any atom is 0.290 e. The minimum atomic E-state index is -0.758. The first-order valence-corrected chi connectivity index (χ1v) is 8.57. The zero-order valence-corrected chi connectivity index (χ0v) is 15.1. The fourth-order valence-corrected chi connectivity index (χ4v) is 3.16. The van der Waals surface area contributed by atoms with Crippen molar-refractivity contribution >= 4 is 11.7 Å². The number of nitrogens with zero attached hydrogens (tertiary/aromatic N) is 1. The average Bonchev–Trinajstić information content (AvgIpc) is 3.30. The van der Waals surface area contributed by atoms with Crippen molar-refractivity contribution in [2.75, 3.05) is 27.2 Å². The van der Waals surface area contributed by atoms with Crippen LogP contribution in [0, 0.1) is 6.92 Å². The molecule has 7 heteroatoms. The molecule has 7 nitrogen and oxygen atoms in total. The van der Waals surface area contributed by atoms with E-state index in [1.165, 1.54) is 22.1 Å². The van der Waals surface area contributed by atoms with Crippen LogP contribution in [0.4, 0.5) is 0 Å². The van der Waals surface area contributed by atoms with Gasteiger partial charge in [0.2, 0.25) is 5.78 Å². The van der Waals surface area contributed by atoms with Crippen molar-refractivity contribution in [2.45, 2.75) is 19.4 Å². The summed E-state index contributed by atoms with van der Waals surface area (Å²) in [6.07, 6.45) is 2.12. The van der Waals surface area contributed by atoms with Crippen LogP contribution in [0.5, 0.6) is 0 Å². The number of nitrogens with one attached hydrogen (secondary N) is 1. The fraction of sp³-hybridized carbons (Fsp3) is 0.368. The van der Waals surface area contributed by atoms with Crippen LogP contribution in [-0.4, -0.2) is 48.9 Å². The third-order valence-electron chi connectivity index (χ3n) is 4.40. The molecule has 0 aliphatic carbocycles. The number of rotatable bonds is 7. The number of hydrogen-bond acceptors (Lipinski definition) is 5. The third kappa shape index (κ3) is 3.30. The van der Waals surface area contributed by atoms with Crippen LogP contribution < -0.4 is 4.90 Å². The molecule has 1 amide bonds. The number of aliphatic hydroxyl groups is 1. The number of amides is 1. The maximum absolute atomic E-state index is 12.8. The minimum absolute atomic E-state index is 0.00324. The highest BCUT2D eigenvalue weighted by atomic mass is 16.3. The summed E-state index contributed by atoms with van der Waals surface area (Å²) >= 11 is 0. The van der Waals surface area contributed by atoms with Gasteiger partial charge in [-0.2, -0.15) is 0 Å². The Bertz CT molecular complexity index is 832. The number of aryl methyl sites for hydroxylation is 1. The van der Waals surface area contributed by atoms with E-state index in [4.69, 9.17) is 8.83 Å². The first-order chi connectivity index (χ1) is 12.4. The smallest absolute Gasteiger partial charge is 0.290 e. The largest absolute Gasteiger partial charge is 0.503 e. The van der Waals surface area contributed by atoms with Gasteiger partial charge in [-0.05, 0) is 31.2 Å². The number of carbonyl (C=O) groups is 2. The van der Waals surface area contributed by atoms with Crippen LogP contribution in [0.25, 0.3) is 0 Å². The van der Waals surface area contributed by atoms with Crippen molar-refractivity contribution in [3.8, 4) is 0 Å². The zero-order chi connectivity index (χ0) is 18.8. The Balaban J connectivity index is 1.97. The molecule has 3 rings (SSSR count). The van der Waals surface area contributed by atoms with E-state index in [2.05, 4.69) is 0 Å². The second-order valence-electron chi connectivity index (χ2n) is 6.73. The van der Waals surface area contributed by atoms with Crippen LogP contribution in [-0.2, 0) is 4.79 Å². The lowest BCUT2D eigenvalue weighted by molar-refractivity contribution is -0.858. The molecule has 1 aliphatic heterocycles. The number of quaternary nitrogens is 1. The van der Waals surface area contributed by atoms with Gasteiger partial charge in [0.05, 0.1) is 32.5 Å². The van der Waals surface area contributed by atoms with E-state index < -0.39 is 23.5 Å². The Kier molecular flexibility index (Phi) is 4.99. The van der Waals surface area contributed by atoms with E-state index in [0.717, 1.165) is 13.0 Å². The molecule has 2 aromatic rings. The lowest BCUT2D eigenvalue weighted by atomic mass is 9.99. The quantitative estimate of drug-likeness (QED) is 0.728. The summed E-state index contributed by atoms with van der Waals surface area (Å²) in [5, 5.41) is 10.4. The van der Waals surface area contributed by atoms with Crippen molar-refractivity contribution in [3.63, 3.8) is 0 Å². The predicted molar refractivity (Wildman–Crippen MR) is 92.9 cm³/mol. The normalized spacial score (nSPS) is 17.6. The van der Waals surface area contributed by atoms with Gasteiger partial charge >= 0.3 is 0 Å². The van der Waals surface area contributed by atoms with Gasteiger partial charge in [0, 0.05) is 13.0 Å². The van der Waals surface area contributed by atoms with Crippen LogP contribution >= 0.6 is 0 Å². The number of hydrogen-bond donors (Lipinski definition) is 2. The van der Waals surface area contributed by atoms with Gasteiger partial charge in [0.25, 0.3) is 5.91 Å². The SMILES string of the molecule is Cc1ccc([C@@H]2C(C(=O)c3ccco3)=C(O)C(=O)N2CCC[NH+](C)C)o1. The highest BCUT2D eigenvalue weighted by Gasteiger charge is 2.45. The number of furan rings is 2. The van der Waals surface area contributed by atoms with Crippen molar-refractivity contribution < 1.29 is 28.4 Å². The summed E-state index contributed by atoms with van der Waals surface area (Å²) in [5.74, 6) is -0.420. The molecule has 2 aromatic heterocycles. The average molecular weight is 359 g/mol. The van der Waals surface area contributed by atoms with Crippen molar-refractivity contribution in [3.05, 3.63) is 59.1 Å². The van der Waals surface area contributed by atoms with Gasteiger partial charge in [0.15, 0.2) is 11.5 Å². The highest BCUT2D eigenvalue weighted by molar-refractivity contribution is 6.14. The molecular weight excluding hydrogens is 336 g/mol. The Morgan fingerprint density at radius 3 is 2.65 bits per heavy atom. The molecule has 3 heterocycles. The topological polar surface area (TPSA) is 88.3 Å². The summed E-state index contributed by atoms with van der Waals surface area (Å²) < 4.78 is 10.9. The maximum atomic E-state index is 12.8. The summed E-state index contributed by atoms with van der Waals surface area (Å²) in [7, 11) is 4.06. The lowest BCUT2D eigenvalue weighted by Crippen LogP contribution is -3.05. The Hall–Kier alpha value is -2.80. The molecule has 1 atom stereocenters. The molecule has 138 valence electrons. The van der Waals surface area contributed by atoms with Crippen LogP contribution in [0.1, 0.15) is 34.5 Å². The molecule has 0 bridgehead atoms. The lowest BCUT2D eigenvalue weighted by Gasteiger charge is -2.24. The number of Topliss-reactive ketones (excluding diaryl/α,β-unsaturated/α-hetero) is 1. The molecule has 0 radical (unpaired) electrons. The van der Waals surface area contributed by atoms with Gasteiger partial charge in [-0.25, -0.2) is 0 Å². The van der Waals surface area contributed by atoms with Crippen LogP contribution in [0.2, 0.25) is 0 Å². The summed E-state index contributed by atoms with van der Waals surface area (Å²) in [4.78, 5) is 28.2. The summed E-state index contributed by atoms with van der Waals surface area (Å²) in [6.45, 7) is 3.06. The van der Waals surface area contributed by atoms with Crippen molar-refractivity contribution in [2.24, 2.45) is 0 Å². The van der Waals surface area contributed by atoms with Gasteiger partial charge < -0.3 is 23.7 Å².